The van der Waals surface area contributed by atoms with Crippen LogP contribution in [0, 0.1) is 16.7 Å². The van der Waals surface area contributed by atoms with Gasteiger partial charge in [0.1, 0.15) is 6.04 Å². The van der Waals surface area contributed by atoms with E-state index < -0.39 is 6.04 Å². The van der Waals surface area contributed by atoms with Gasteiger partial charge in [-0.15, -0.1) is 0 Å². The summed E-state index contributed by atoms with van der Waals surface area (Å²) in [6.07, 6.45) is 6.93. The van der Waals surface area contributed by atoms with Crippen LogP contribution in [0.3, 0.4) is 0 Å². The molecule has 3 atom stereocenters. The number of nitrogens with zero attached hydrogens (tertiary/aromatic N) is 1. The first-order chi connectivity index (χ1) is 8.11. The minimum Gasteiger partial charge on any atom is -0.465 e. The number of carbonyl (C=O) groups excluding carboxylic acids is 1. The molecule has 4 heteroatoms. The number of carbonyl (C=O) groups is 1. The largest absolute Gasteiger partial charge is 0.465 e. The number of esters is 1. The standard InChI is InChI=1S/C13H21NO3/c1-10-4-3-5-11(2)9-17-13(15)8-12(14-16)7-6-10/h3,5,10-12H,4,6-9H2,1-2H3/b5-3+/t10-,11+,12?/m1/s1. The molecule has 0 aromatic rings. The van der Waals surface area contributed by atoms with Crippen molar-refractivity contribution in [1.29, 1.82) is 0 Å². The van der Waals surface area contributed by atoms with Crippen LogP contribution in [-0.2, 0) is 9.53 Å². The summed E-state index contributed by atoms with van der Waals surface area (Å²) >= 11 is 0. The topological polar surface area (TPSA) is 55.7 Å². The lowest BCUT2D eigenvalue weighted by Crippen LogP contribution is -2.18. The Labute approximate surface area is 102 Å². The number of nitroso groups, excluding NO2 is 1. The van der Waals surface area contributed by atoms with E-state index in [0.29, 0.717) is 18.9 Å². The monoisotopic (exact) mass is 239 g/mol. The maximum atomic E-state index is 11.5. The molecule has 0 spiro atoms. The normalized spacial score (nSPS) is 34.0. The van der Waals surface area contributed by atoms with Gasteiger partial charge in [0.2, 0.25) is 0 Å². The van der Waals surface area contributed by atoms with Crippen LogP contribution < -0.4 is 0 Å². The molecule has 0 amide bonds. The quantitative estimate of drug-likeness (QED) is 0.401. The van der Waals surface area contributed by atoms with Crippen LogP contribution in [0.2, 0.25) is 0 Å². The van der Waals surface area contributed by atoms with Crippen molar-refractivity contribution in [1.82, 2.24) is 0 Å². The molecule has 1 unspecified atom stereocenters. The van der Waals surface area contributed by atoms with E-state index in [2.05, 4.69) is 24.3 Å². The average molecular weight is 239 g/mol. The second-order valence-electron chi connectivity index (χ2n) is 4.97. The van der Waals surface area contributed by atoms with E-state index in [1.807, 2.05) is 6.92 Å². The molecule has 0 N–H and O–H groups in total. The molecular formula is C13H21NO3. The predicted molar refractivity (Wildman–Crippen MR) is 66.5 cm³/mol. The fraction of sp³-hybridized carbons (Fsp3) is 0.769. The van der Waals surface area contributed by atoms with Crippen molar-refractivity contribution in [2.45, 2.75) is 45.6 Å². The first kappa shape index (κ1) is 13.9. The summed E-state index contributed by atoms with van der Waals surface area (Å²) in [5.41, 5.74) is 0. The van der Waals surface area contributed by atoms with Crippen LogP contribution in [-0.4, -0.2) is 18.6 Å². The summed E-state index contributed by atoms with van der Waals surface area (Å²) in [5, 5.41) is 3.01. The number of rotatable bonds is 1. The molecule has 17 heavy (non-hydrogen) atoms. The van der Waals surface area contributed by atoms with Gasteiger partial charge in [-0.1, -0.05) is 31.2 Å². The maximum Gasteiger partial charge on any atom is 0.308 e. The molecule has 0 aromatic carbocycles. The summed E-state index contributed by atoms with van der Waals surface area (Å²) in [6, 6.07) is -0.427. The number of hydrogen-bond donors (Lipinski definition) is 0. The minimum absolute atomic E-state index is 0.118. The van der Waals surface area contributed by atoms with Crippen molar-refractivity contribution in [3.8, 4) is 0 Å². The molecule has 4 nitrogen and oxygen atoms in total. The van der Waals surface area contributed by atoms with Gasteiger partial charge in [0.25, 0.3) is 0 Å². The summed E-state index contributed by atoms with van der Waals surface area (Å²) in [5.74, 6) is 0.439. The second-order valence-corrected chi connectivity index (χ2v) is 4.97. The van der Waals surface area contributed by atoms with E-state index in [1.54, 1.807) is 0 Å². The number of cyclic esters (lactones) is 1. The van der Waals surface area contributed by atoms with Gasteiger partial charge < -0.3 is 4.74 Å². The summed E-state index contributed by atoms with van der Waals surface area (Å²) in [6.45, 7) is 4.55. The second kappa shape index (κ2) is 7.20. The zero-order valence-corrected chi connectivity index (χ0v) is 10.6. The van der Waals surface area contributed by atoms with Crippen molar-refractivity contribution in [2.24, 2.45) is 17.0 Å². The lowest BCUT2D eigenvalue weighted by Gasteiger charge is -2.15. The zero-order valence-electron chi connectivity index (χ0n) is 10.6. The number of allylic oxidation sites excluding steroid dienone is 1. The molecular weight excluding hydrogens is 218 g/mol. The Morgan fingerprint density at radius 1 is 1.35 bits per heavy atom. The van der Waals surface area contributed by atoms with Crippen molar-refractivity contribution in [2.75, 3.05) is 6.61 Å². The highest BCUT2D eigenvalue weighted by atomic mass is 16.5. The molecule has 0 bridgehead atoms. The van der Waals surface area contributed by atoms with Gasteiger partial charge in [-0.3, -0.25) is 4.79 Å². The Bertz CT molecular complexity index is 288. The molecule has 1 rings (SSSR count). The molecule has 0 saturated carbocycles. The van der Waals surface area contributed by atoms with E-state index in [1.165, 1.54) is 0 Å². The minimum atomic E-state index is -0.427. The fourth-order valence-electron chi connectivity index (χ4n) is 1.86. The van der Waals surface area contributed by atoms with Gasteiger partial charge in [0.05, 0.1) is 13.0 Å². The zero-order chi connectivity index (χ0) is 12.7. The predicted octanol–water partition coefficient (Wildman–Crippen LogP) is 3.07. The van der Waals surface area contributed by atoms with E-state index in [0.717, 1.165) is 12.8 Å². The highest BCUT2D eigenvalue weighted by Crippen LogP contribution is 2.18. The smallest absolute Gasteiger partial charge is 0.308 e. The van der Waals surface area contributed by atoms with Crippen molar-refractivity contribution >= 4 is 5.97 Å². The third-order valence-corrected chi connectivity index (χ3v) is 3.05. The van der Waals surface area contributed by atoms with E-state index >= 15 is 0 Å². The van der Waals surface area contributed by atoms with Gasteiger partial charge in [-0.25, -0.2) is 0 Å². The van der Waals surface area contributed by atoms with Gasteiger partial charge >= 0.3 is 5.97 Å². The summed E-state index contributed by atoms with van der Waals surface area (Å²) in [7, 11) is 0. The van der Waals surface area contributed by atoms with Crippen molar-refractivity contribution < 1.29 is 9.53 Å². The van der Waals surface area contributed by atoms with Crippen LogP contribution in [0.5, 0.6) is 0 Å². The Hall–Kier alpha value is -1.19. The molecule has 0 aliphatic carbocycles. The SMILES string of the molecule is C[C@@H]1C/C=C/[C@H](C)COC(=O)CC(N=O)CC1. The summed E-state index contributed by atoms with van der Waals surface area (Å²) < 4.78 is 5.10. The highest BCUT2D eigenvalue weighted by Gasteiger charge is 2.17. The van der Waals surface area contributed by atoms with Crippen LogP contribution in [0.15, 0.2) is 17.3 Å². The highest BCUT2D eigenvalue weighted by molar-refractivity contribution is 5.70. The van der Waals surface area contributed by atoms with Crippen LogP contribution in [0.25, 0.3) is 0 Å². The van der Waals surface area contributed by atoms with Crippen molar-refractivity contribution in [3.05, 3.63) is 17.1 Å². The number of ether oxygens (including phenoxy) is 1. The fourth-order valence-corrected chi connectivity index (χ4v) is 1.86. The van der Waals surface area contributed by atoms with Gasteiger partial charge in [-0.05, 0) is 25.2 Å². The lowest BCUT2D eigenvalue weighted by atomic mass is 9.96. The van der Waals surface area contributed by atoms with Crippen LogP contribution in [0.1, 0.15) is 39.5 Å². The van der Waals surface area contributed by atoms with Crippen LogP contribution in [0.4, 0.5) is 0 Å². The van der Waals surface area contributed by atoms with E-state index in [9.17, 15) is 9.70 Å². The number of hydrogen-bond acceptors (Lipinski definition) is 4. The maximum absolute atomic E-state index is 11.5. The molecule has 96 valence electrons. The Morgan fingerprint density at radius 3 is 2.82 bits per heavy atom. The van der Waals surface area contributed by atoms with E-state index in [-0.39, 0.29) is 18.3 Å². The third-order valence-electron chi connectivity index (χ3n) is 3.05. The average Bonchev–Trinajstić information content (AvgIpc) is 2.30. The Kier molecular flexibility index (Phi) is 5.87. The third kappa shape index (κ3) is 5.61. The molecule has 1 aliphatic heterocycles. The molecule has 0 fully saturated rings. The molecule has 0 saturated heterocycles. The van der Waals surface area contributed by atoms with Gasteiger partial charge in [0, 0.05) is 5.92 Å². The molecule has 1 heterocycles. The van der Waals surface area contributed by atoms with E-state index in [4.69, 9.17) is 4.74 Å². The van der Waals surface area contributed by atoms with Crippen LogP contribution >= 0.6 is 0 Å². The van der Waals surface area contributed by atoms with Gasteiger partial charge in [0.15, 0.2) is 0 Å². The van der Waals surface area contributed by atoms with Crippen molar-refractivity contribution in [3.63, 3.8) is 0 Å². The molecule has 1 aliphatic rings. The lowest BCUT2D eigenvalue weighted by molar-refractivity contribution is -0.144. The first-order valence-corrected chi connectivity index (χ1v) is 6.26. The first-order valence-electron chi connectivity index (χ1n) is 6.26. The Morgan fingerprint density at radius 2 is 2.12 bits per heavy atom. The summed E-state index contributed by atoms with van der Waals surface area (Å²) in [4.78, 5) is 22.1. The van der Waals surface area contributed by atoms with Gasteiger partial charge in [-0.2, -0.15) is 4.91 Å². The molecule has 0 radical (unpaired) electrons. The Balaban J connectivity index is 2.61. The molecule has 0 aromatic heterocycles.